The van der Waals surface area contributed by atoms with Crippen molar-refractivity contribution >= 4 is 14.1 Å². The van der Waals surface area contributed by atoms with Gasteiger partial charge in [-0.1, -0.05) is 30.3 Å². The van der Waals surface area contributed by atoms with Gasteiger partial charge in [0.2, 0.25) is 0 Å². The highest BCUT2D eigenvalue weighted by Gasteiger charge is 1.99. The summed E-state index contributed by atoms with van der Waals surface area (Å²) in [5, 5.41) is 0. The Hall–Kier alpha value is -0.980. The predicted molar refractivity (Wildman–Crippen MR) is 45.3 cm³/mol. The maximum Gasteiger partial charge on any atom is 0.538 e. The fraction of sp³-hybridized carbons (Fsp3) is 0. The molecule has 0 aliphatic rings. The monoisotopic (exact) mass is 167 g/mol. The Morgan fingerprint density at radius 2 is 1.91 bits per heavy atom. The van der Waals surface area contributed by atoms with Crippen molar-refractivity contribution in [3.8, 4) is 0 Å². The molecule has 0 heterocycles. The van der Waals surface area contributed by atoms with Gasteiger partial charge in [0, 0.05) is 0 Å². The maximum atomic E-state index is 10.2. The summed E-state index contributed by atoms with van der Waals surface area (Å²) in [6, 6.07) is 9.40. The van der Waals surface area contributed by atoms with Crippen molar-refractivity contribution in [1.29, 1.82) is 0 Å². The summed E-state index contributed by atoms with van der Waals surface area (Å²) in [7, 11) is -2.15. The average Bonchev–Trinajstić information content (AvgIpc) is 2.03. The Balaban J connectivity index is 2.72. The summed E-state index contributed by atoms with van der Waals surface area (Å²) in [4.78, 5) is 8.44. The van der Waals surface area contributed by atoms with Crippen LogP contribution in [-0.2, 0) is 4.57 Å². The van der Waals surface area contributed by atoms with Gasteiger partial charge in [0.1, 0.15) is 0 Å². The molecule has 1 atom stereocenters. The summed E-state index contributed by atoms with van der Waals surface area (Å²) in [6.45, 7) is 0. The molecular formula is C8H8O2P+. The molecule has 1 unspecified atom stereocenters. The van der Waals surface area contributed by atoms with E-state index < -0.39 is 8.03 Å². The Bertz CT molecular complexity index is 267. The molecule has 2 nitrogen and oxygen atoms in total. The van der Waals surface area contributed by atoms with Crippen LogP contribution in [0, 0.1) is 0 Å². The number of hydrogen-bond donors (Lipinski definition) is 1. The standard InChI is InChI=1S/C8H7O2P/c9-11(10)7-6-8-4-2-1-3-5-8/h1-7H/p+1/b7-6-. The molecule has 0 aliphatic heterocycles. The molecule has 3 heteroatoms. The first-order chi connectivity index (χ1) is 5.29. The fourth-order valence-corrected chi connectivity index (χ4v) is 1.01. The van der Waals surface area contributed by atoms with E-state index >= 15 is 0 Å². The minimum Gasteiger partial charge on any atom is -0.157 e. The molecule has 1 rings (SSSR count). The van der Waals surface area contributed by atoms with Crippen LogP contribution in [-0.4, -0.2) is 4.89 Å². The lowest BCUT2D eigenvalue weighted by Crippen LogP contribution is -1.65. The summed E-state index contributed by atoms with van der Waals surface area (Å²) in [6.07, 6.45) is 1.62. The van der Waals surface area contributed by atoms with E-state index in [1.54, 1.807) is 6.08 Å². The van der Waals surface area contributed by atoms with Gasteiger partial charge in [-0.05, 0) is 16.2 Å². The van der Waals surface area contributed by atoms with E-state index in [0.29, 0.717) is 0 Å². The van der Waals surface area contributed by atoms with Crippen LogP contribution in [0.4, 0.5) is 0 Å². The molecule has 1 aromatic rings. The first-order valence-corrected chi connectivity index (χ1v) is 4.46. The van der Waals surface area contributed by atoms with Gasteiger partial charge in [-0.3, -0.25) is 0 Å². The van der Waals surface area contributed by atoms with Gasteiger partial charge < -0.3 is 0 Å². The van der Waals surface area contributed by atoms with Crippen LogP contribution in [0.2, 0.25) is 0 Å². The van der Waals surface area contributed by atoms with Crippen LogP contribution in [0.25, 0.3) is 6.08 Å². The minimum atomic E-state index is -2.15. The van der Waals surface area contributed by atoms with Crippen LogP contribution in [0.5, 0.6) is 0 Å². The van der Waals surface area contributed by atoms with E-state index in [4.69, 9.17) is 4.89 Å². The van der Waals surface area contributed by atoms with Gasteiger partial charge in [0.25, 0.3) is 0 Å². The Labute approximate surface area is 66.1 Å². The molecule has 0 amide bonds. The molecule has 0 bridgehead atoms. The second-order valence-corrected chi connectivity index (χ2v) is 2.93. The van der Waals surface area contributed by atoms with Crippen molar-refractivity contribution in [3.63, 3.8) is 0 Å². The topological polar surface area (TPSA) is 37.3 Å². The second kappa shape index (κ2) is 4.02. The van der Waals surface area contributed by atoms with Crippen molar-refractivity contribution in [3.05, 3.63) is 41.7 Å². The number of hydrogen-bond acceptors (Lipinski definition) is 1. The third-order valence-corrected chi connectivity index (χ3v) is 1.60. The molecule has 0 saturated carbocycles. The fourth-order valence-electron chi connectivity index (χ4n) is 0.714. The highest BCUT2D eigenvalue weighted by molar-refractivity contribution is 7.41. The van der Waals surface area contributed by atoms with Crippen LogP contribution in [0.15, 0.2) is 36.1 Å². The zero-order chi connectivity index (χ0) is 8.10. The van der Waals surface area contributed by atoms with E-state index in [1.165, 1.54) is 5.82 Å². The maximum absolute atomic E-state index is 10.2. The lowest BCUT2D eigenvalue weighted by atomic mass is 10.2. The molecule has 1 aromatic carbocycles. The Morgan fingerprint density at radius 1 is 1.27 bits per heavy atom. The molecule has 1 N–H and O–H groups in total. The summed E-state index contributed by atoms with van der Waals surface area (Å²) >= 11 is 0. The first kappa shape index (κ1) is 8.12. The zero-order valence-corrected chi connectivity index (χ0v) is 6.74. The summed E-state index contributed by atoms with van der Waals surface area (Å²) in [5.41, 5.74) is 0.935. The molecule has 0 aliphatic carbocycles. The van der Waals surface area contributed by atoms with Gasteiger partial charge >= 0.3 is 8.03 Å². The van der Waals surface area contributed by atoms with Crippen LogP contribution >= 0.6 is 8.03 Å². The molecule has 0 aromatic heterocycles. The molecule has 56 valence electrons. The highest BCUT2D eigenvalue weighted by Crippen LogP contribution is 2.16. The summed E-state index contributed by atoms with van der Waals surface area (Å²) < 4.78 is 10.2. The molecule has 11 heavy (non-hydrogen) atoms. The van der Waals surface area contributed by atoms with Crippen LogP contribution < -0.4 is 0 Å². The SMILES string of the molecule is O=[P+](O)/C=C\c1ccccc1. The molecule has 0 fully saturated rings. The lowest BCUT2D eigenvalue weighted by Gasteiger charge is -1.85. The van der Waals surface area contributed by atoms with Crippen molar-refractivity contribution in [1.82, 2.24) is 0 Å². The van der Waals surface area contributed by atoms with E-state index in [1.807, 2.05) is 30.3 Å². The van der Waals surface area contributed by atoms with Gasteiger partial charge in [0.05, 0.1) is 0 Å². The molecular weight excluding hydrogens is 159 g/mol. The van der Waals surface area contributed by atoms with Crippen molar-refractivity contribution in [2.24, 2.45) is 0 Å². The zero-order valence-electron chi connectivity index (χ0n) is 5.84. The highest BCUT2D eigenvalue weighted by atomic mass is 31.1. The van der Waals surface area contributed by atoms with Gasteiger partial charge in [0.15, 0.2) is 5.82 Å². The van der Waals surface area contributed by atoms with Crippen LogP contribution in [0.1, 0.15) is 5.56 Å². The normalized spacial score (nSPS) is 11.9. The van der Waals surface area contributed by atoms with Gasteiger partial charge in [-0.25, -0.2) is 0 Å². The summed E-state index contributed by atoms with van der Waals surface area (Å²) in [5.74, 6) is 1.27. The van der Waals surface area contributed by atoms with Crippen LogP contribution in [0.3, 0.4) is 0 Å². The average molecular weight is 167 g/mol. The van der Waals surface area contributed by atoms with E-state index in [0.717, 1.165) is 5.56 Å². The number of rotatable bonds is 2. The van der Waals surface area contributed by atoms with Crippen molar-refractivity contribution < 1.29 is 9.46 Å². The van der Waals surface area contributed by atoms with Crippen molar-refractivity contribution in [2.45, 2.75) is 0 Å². The second-order valence-electron chi connectivity index (χ2n) is 2.03. The Kier molecular flexibility index (Phi) is 2.96. The lowest BCUT2D eigenvalue weighted by molar-refractivity contribution is 0.513. The molecule has 0 spiro atoms. The van der Waals surface area contributed by atoms with E-state index in [9.17, 15) is 4.57 Å². The third kappa shape index (κ3) is 3.08. The molecule has 0 radical (unpaired) electrons. The third-order valence-electron chi connectivity index (χ3n) is 1.19. The number of benzene rings is 1. The first-order valence-electron chi connectivity index (χ1n) is 3.17. The van der Waals surface area contributed by atoms with E-state index in [2.05, 4.69) is 0 Å². The quantitative estimate of drug-likeness (QED) is 0.686. The Morgan fingerprint density at radius 3 is 2.45 bits per heavy atom. The predicted octanol–water partition coefficient (Wildman–Crippen LogP) is 2.39. The van der Waals surface area contributed by atoms with Gasteiger partial charge in [-0.2, -0.15) is 4.89 Å². The van der Waals surface area contributed by atoms with E-state index in [-0.39, 0.29) is 0 Å². The van der Waals surface area contributed by atoms with Gasteiger partial charge in [-0.15, -0.1) is 0 Å². The largest absolute Gasteiger partial charge is 0.538 e. The molecule has 0 saturated heterocycles. The van der Waals surface area contributed by atoms with Crippen molar-refractivity contribution in [2.75, 3.05) is 0 Å². The minimum absolute atomic E-state index is 0.935. The smallest absolute Gasteiger partial charge is 0.157 e.